The van der Waals surface area contributed by atoms with Crippen LogP contribution in [-0.2, 0) is 0 Å². The molecule has 0 spiro atoms. The normalized spacial score (nSPS) is 14.0. The van der Waals surface area contributed by atoms with Crippen LogP contribution in [0, 0.1) is 0 Å². The van der Waals surface area contributed by atoms with Crippen LogP contribution in [0.4, 0.5) is 0 Å². The van der Waals surface area contributed by atoms with E-state index >= 15 is 0 Å². The van der Waals surface area contributed by atoms with Gasteiger partial charge in [-0.25, -0.2) is 15.0 Å². The SMILES string of the molecule is C=C/C(=C(\C=C/C)c1cccc(-c2ccc(C3=CCCC=C3)cc2)c1)c1nc(-c2ccccc2)nc(-c2ccccc2-c2cccc(-c3ccc(C4=CCCC=C4)cc3)c2)n1. The maximum atomic E-state index is 5.28. The largest absolute Gasteiger partial charge is 0.208 e. The fourth-order valence-corrected chi connectivity index (χ4v) is 8.19. The molecule has 3 nitrogen and oxygen atoms in total. The second kappa shape index (κ2) is 18.2. The molecule has 0 amide bonds. The lowest BCUT2D eigenvalue weighted by molar-refractivity contribution is 1.04. The zero-order valence-corrected chi connectivity index (χ0v) is 34.5. The van der Waals surface area contributed by atoms with Gasteiger partial charge in [0.1, 0.15) is 0 Å². The summed E-state index contributed by atoms with van der Waals surface area (Å²) in [6.07, 6.45) is 24.1. The van der Waals surface area contributed by atoms with Gasteiger partial charge in [0.05, 0.1) is 0 Å². The van der Waals surface area contributed by atoms with E-state index in [1.807, 2.05) is 43.3 Å². The van der Waals surface area contributed by atoms with Gasteiger partial charge >= 0.3 is 0 Å². The molecule has 0 bridgehead atoms. The summed E-state index contributed by atoms with van der Waals surface area (Å²) in [7, 11) is 0. The Bertz CT molecular complexity index is 2900. The van der Waals surface area contributed by atoms with Crippen LogP contribution >= 0.6 is 0 Å². The summed E-state index contributed by atoms with van der Waals surface area (Å²) in [5.41, 5.74) is 16.5. The highest BCUT2D eigenvalue weighted by Gasteiger charge is 2.19. The number of nitrogens with zero attached hydrogens (tertiary/aromatic N) is 3. The van der Waals surface area contributed by atoms with E-state index in [4.69, 9.17) is 15.0 Å². The predicted octanol–water partition coefficient (Wildman–Crippen LogP) is 15.3. The van der Waals surface area contributed by atoms with Gasteiger partial charge in [-0.2, -0.15) is 0 Å². The van der Waals surface area contributed by atoms with Crippen molar-refractivity contribution in [2.24, 2.45) is 0 Å². The molecule has 7 aromatic rings. The maximum Gasteiger partial charge on any atom is 0.164 e. The van der Waals surface area contributed by atoms with Crippen molar-refractivity contribution in [2.75, 3.05) is 0 Å². The molecule has 3 heteroatoms. The minimum Gasteiger partial charge on any atom is -0.208 e. The van der Waals surface area contributed by atoms with E-state index in [2.05, 4.69) is 177 Å². The van der Waals surface area contributed by atoms with Crippen LogP contribution in [0.25, 0.3) is 78.4 Å². The van der Waals surface area contributed by atoms with Crippen LogP contribution in [-0.4, -0.2) is 15.0 Å². The Labute approximate surface area is 360 Å². The molecule has 0 fully saturated rings. The van der Waals surface area contributed by atoms with Gasteiger partial charge in [-0.1, -0.05) is 201 Å². The van der Waals surface area contributed by atoms with Crippen molar-refractivity contribution in [2.45, 2.75) is 32.6 Å². The average Bonchev–Trinajstić information content (AvgIpc) is 3.35. The monoisotopic (exact) mass is 785 g/mol. The van der Waals surface area contributed by atoms with Crippen LogP contribution < -0.4 is 0 Å². The lowest BCUT2D eigenvalue weighted by atomic mass is 9.93. The van der Waals surface area contributed by atoms with Crippen LogP contribution in [0.15, 0.2) is 213 Å². The molecule has 0 atom stereocenters. The quantitative estimate of drug-likeness (QED) is 0.123. The molecule has 9 rings (SSSR count). The summed E-state index contributed by atoms with van der Waals surface area (Å²) in [4.78, 5) is 15.6. The van der Waals surface area contributed by atoms with Crippen molar-refractivity contribution in [3.05, 3.63) is 235 Å². The Hall–Kier alpha value is -7.49. The molecule has 1 heterocycles. The minimum absolute atomic E-state index is 0.557. The van der Waals surface area contributed by atoms with Gasteiger partial charge in [0.15, 0.2) is 17.5 Å². The molecule has 0 N–H and O–H groups in total. The first-order valence-electron chi connectivity index (χ1n) is 21.2. The smallest absolute Gasteiger partial charge is 0.164 e. The van der Waals surface area contributed by atoms with Gasteiger partial charge in [0.25, 0.3) is 0 Å². The Morgan fingerprint density at radius 3 is 1.61 bits per heavy atom. The molecule has 6 aromatic carbocycles. The highest BCUT2D eigenvalue weighted by atomic mass is 15.0. The molecule has 0 aliphatic heterocycles. The lowest BCUT2D eigenvalue weighted by Crippen LogP contribution is -2.04. The third-order valence-electron chi connectivity index (χ3n) is 11.3. The second-order valence-electron chi connectivity index (χ2n) is 15.3. The highest BCUT2D eigenvalue weighted by molar-refractivity contribution is 5.99. The first-order valence-corrected chi connectivity index (χ1v) is 21.2. The highest BCUT2D eigenvalue weighted by Crippen LogP contribution is 2.37. The van der Waals surface area contributed by atoms with Gasteiger partial charge in [-0.3, -0.25) is 0 Å². The number of benzene rings is 6. The average molecular weight is 786 g/mol. The lowest BCUT2D eigenvalue weighted by Gasteiger charge is -2.15. The fraction of sp³-hybridized carbons (Fsp3) is 0.0862. The molecule has 0 saturated carbocycles. The first-order chi connectivity index (χ1) is 30.1. The molecule has 0 radical (unpaired) electrons. The van der Waals surface area contributed by atoms with Gasteiger partial charge < -0.3 is 0 Å². The molecule has 0 saturated heterocycles. The Balaban J connectivity index is 1.12. The number of allylic oxidation sites excluding steroid dienone is 13. The van der Waals surface area contributed by atoms with Crippen LogP contribution in [0.3, 0.4) is 0 Å². The Kier molecular flexibility index (Phi) is 11.6. The van der Waals surface area contributed by atoms with Crippen molar-refractivity contribution in [3.8, 4) is 56.2 Å². The minimum atomic E-state index is 0.557. The number of rotatable bonds is 11. The van der Waals surface area contributed by atoms with E-state index in [1.165, 1.54) is 27.8 Å². The van der Waals surface area contributed by atoms with E-state index in [1.54, 1.807) is 0 Å². The number of aromatic nitrogens is 3. The Morgan fingerprint density at radius 1 is 0.459 bits per heavy atom. The van der Waals surface area contributed by atoms with E-state index in [9.17, 15) is 0 Å². The van der Waals surface area contributed by atoms with Crippen molar-refractivity contribution >= 4 is 22.3 Å². The summed E-state index contributed by atoms with van der Waals surface area (Å²) >= 11 is 0. The van der Waals surface area contributed by atoms with E-state index in [-0.39, 0.29) is 0 Å². The topological polar surface area (TPSA) is 38.7 Å². The van der Waals surface area contributed by atoms with Crippen LogP contribution in [0.2, 0.25) is 0 Å². The van der Waals surface area contributed by atoms with Crippen molar-refractivity contribution in [1.82, 2.24) is 15.0 Å². The Morgan fingerprint density at radius 2 is 1.00 bits per heavy atom. The molecular formula is C58H47N3. The first kappa shape index (κ1) is 39.0. The summed E-state index contributed by atoms with van der Waals surface area (Å²) in [6, 6.07) is 53.7. The summed E-state index contributed by atoms with van der Waals surface area (Å²) in [5.74, 6) is 1.75. The third-order valence-corrected chi connectivity index (χ3v) is 11.3. The summed E-state index contributed by atoms with van der Waals surface area (Å²) < 4.78 is 0. The van der Waals surface area contributed by atoms with E-state index in [0.29, 0.717) is 17.5 Å². The molecule has 2 aliphatic carbocycles. The van der Waals surface area contributed by atoms with Crippen molar-refractivity contribution < 1.29 is 0 Å². The van der Waals surface area contributed by atoms with Crippen molar-refractivity contribution in [1.29, 1.82) is 0 Å². The molecule has 2 aliphatic rings. The fourth-order valence-electron chi connectivity index (χ4n) is 8.19. The van der Waals surface area contributed by atoms with Gasteiger partial charge in [-0.15, -0.1) is 0 Å². The molecule has 1 aromatic heterocycles. The van der Waals surface area contributed by atoms with E-state index < -0.39 is 0 Å². The van der Waals surface area contributed by atoms with Crippen LogP contribution in [0.5, 0.6) is 0 Å². The predicted molar refractivity (Wildman–Crippen MR) is 258 cm³/mol. The number of hydrogen-bond donors (Lipinski definition) is 0. The zero-order valence-electron chi connectivity index (χ0n) is 34.5. The summed E-state index contributed by atoms with van der Waals surface area (Å²) in [6.45, 7) is 6.37. The molecular weight excluding hydrogens is 739 g/mol. The molecule has 0 unspecified atom stereocenters. The van der Waals surface area contributed by atoms with E-state index in [0.717, 1.165) is 81.3 Å². The third kappa shape index (κ3) is 8.64. The standard InChI is InChI=1S/C58H47N3/c1-3-18-53(50-27-16-25-48(39-50)45-35-31-43(32-36-45)41-19-8-5-9-20-41)52(4-2)57-59-56(47-23-12-7-13-24-47)60-58(61-57)55-30-15-14-29-54(55)51-28-17-26-49(40-51)46-37-33-44(34-38-46)42-21-10-6-11-22-42/h3-4,7-8,10,12-40H,2,5-6,9,11H2,1H3/b18-3-,53-52-. The van der Waals surface area contributed by atoms with Gasteiger partial charge in [-0.05, 0) is 112 Å². The number of hydrogen-bond acceptors (Lipinski definition) is 3. The van der Waals surface area contributed by atoms with Crippen LogP contribution in [0.1, 0.15) is 55.1 Å². The summed E-state index contributed by atoms with van der Waals surface area (Å²) in [5, 5.41) is 0. The molecule has 294 valence electrons. The zero-order chi connectivity index (χ0) is 41.4. The molecule has 61 heavy (non-hydrogen) atoms. The maximum absolute atomic E-state index is 5.28. The van der Waals surface area contributed by atoms with Gasteiger partial charge in [0.2, 0.25) is 0 Å². The van der Waals surface area contributed by atoms with Gasteiger partial charge in [0, 0.05) is 16.7 Å². The van der Waals surface area contributed by atoms with Crippen molar-refractivity contribution in [3.63, 3.8) is 0 Å². The second-order valence-corrected chi connectivity index (χ2v) is 15.3.